The average molecular weight is 365 g/mol. The highest BCUT2D eigenvalue weighted by molar-refractivity contribution is 6.31. The Labute approximate surface area is 141 Å². The van der Waals surface area contributed by atoms with Gasteiger partial charge in [0.1, 0.15) is 12.3 Å². The molecule has 1 aliphatic heterocycles. The van der Waals surface area contributed by atoms with Crippen molar-refractivity contribution < 1.29 is 27.5 Å². The van der Waals surface area contributed by atoms with Crippen molar-refractivity contribution in [3.8, 4) is 5.75 Å². The van der Waals surface area contributed by atoms with Gasteiger partial charge in [-0.1, -0.05) is 11.6 Å². The number of methoxy groups -OCH3 is 1. The first-order valence-electron chi connectivity index (χ1n) is 7.10. The number of hydrogen-bond donors (Lipinski definition) is 1. The number of hydrogen-bond acceptors (Lipinski definition) is 3. The van der Waals surface area contributed by atoms with Gasteiger partial charge in [-0.2, -0.15) is 13.2 Å². The third-order valence-corrected chi connectivity index (χ3v) is 4.10. The van der Waals surface area contributed by atoms with Crippen molar-refractivity contribution in [3.05, 3.63) is 22.7 Å². The van der Waals surface area contributed by atoms with Crippen LogP contribution >= 0.6 is 11.6 Å². The predicted octanol–water partition coefficient (Wildman–Crippen LogP) is 3.01. The smallest absolute Gasteiger partial charge is 0.406 e. The van der Waals surface area contributed by atoms with E-state index in [0.717, 1.165) is 0 Å². The lowest BCUT2D eigenvalue weighted by atomic mass is 10.1. The molecule has 0 spiro atoms. The van der Waals surface area contributed by atoms with E-state index in [1.54, 1.807) is 13.0 Å². The summed E-state index contributed by atoms with van der Waals surface area (Å²) in [7, 11) is 1.40. The molecular formula is C15H16ClF3N2O3. The quantitative estimate of drug-likeness (QED) is 0.893. The minimum Gasteiger partial charge on any atom is -0.495 e. The van der Waals surface area contributed by atoms with Crippen molar-refractivity contribution in [2.24, 2.45) is 5.92 Å². The maximum absolute atomic E-state index is 12.4. The van der Waals surface area contributed by atoms with Crippen LogP contribution in [-0.2, 0) is 9.59 Å². The second-order valence-electron chi connectivity index (χ2n) is 5.58. The van der Waals surface area contributed by atoms with Crippen LogP contribution in [-0.4, -0.2) is 43.1 Å². The van der Waals surface area contributed by atoms with Gasteiger partial charge < -0.3 is 15.0 Å². The molecule has 2 rings (SSSR count). The molecule has 5 nitrogen and oxygen atoms in total. The van der Waals surface area contributed by atoms with Gasteiger partial charge in [0, 0.05) is 24.1 Å². The molecule has 1 fully saturated rings. The molecule has 132 valence electrons. The van der Waals surface area contributed by atoms with Crippen LogP contribution in [0.25, 0.3) is 0 Å². The average Bonchev–Trinajstić information content (AvgIpc) is 2.82. The standard InChI is InChI=1S/C15H16ClF3N2O3/c1-8-3-11(12(24-2)5-10(8)16)20-14(23)9-4-13(22)21(6-9)7-15(17,18)19/h3,5,9H,4,6-7H2,1-2H3,(H,20,23)/t9-/m0/s1. The zero-order chi connectivity index (χ0) is 18.1. The molecule has 0 radical (unpaired) electrons. The van der Waals surface area contributed by atoms with Crippen molar-refractivity contribution in [3.63, 3.8) is 0 Å². The number of benzene rings is 1. The highest BCUT2D eigenvalue weighted by Gasteiger charge is 2.40. The molecule has 24 heavy (non-hydrogen) atoms. The summed E-state index contributed by atoms with van der Waals surface area (Å²) in [5.74, 6) is -1.74. The Balaban J connectivity index is 2.09. The van der Waals surface area contributed by atoms with E-state index in [0.29, 0.717) is 26.9 Å². The monoisotopic (exact) mass is 364 g/mol. The molecular weight excluding hydrogens is 349 g/mol. The first-order chi connectivity index (χ1) is 11.1. The molecule has 0 aliphatic carbocycles. The zero-order valence-electron chi connectivity index (χ0n) is 13.0. The number of alkyl halides is 3. The van der Waals surface area contributed by atoms with Crippen molar-refractivity contribution in [2.75, 3.05) is 25.5 Å². The van der Waals surface area contributed by atoms with E-state index in [4.69, 9.17) is 16.3 Å². The molecule has 0 aromatic heterocycles. The number of amides is 2. The van der Waals surface area contributed by atoms with E-state index in [-0.39, 0.29) is 13.0 Å². The summed E-state index contributed by atoms with van der Waals surface area (Å²) in [6.45, 7) is 0.125. The fourth-order valence-electron chi connectivity index (χ4n) is 2.48. The van der Waals surface area contributed by atoms with Gasteiger partial charge in [-0.05, 0) is 18.6 Å². The molecule has 0 unspecified atom stereocenters. The minimum absolute atomic E-state index is 0.253. The number of rotatable bonds is 4. The lowest BCUT2D eigenvalue weighted by Gasteiger charge is -2.18. The molecule has 9 heteroatoms. The van der Waals surface area contributed by atoms with Gasteiger partial charge in [0.05, 0.1) is 18.7 Å². The number of nitrogens with zero attached hydrogens (tertiary/aromatic N) is 1. The van der Waals surface area contributed by atoms with Gasteiger partial charge in [0.2, 0.25) is 11.8 Å². The minimum atomic E-state index is -4.49. The number of carbonyl (C=O) groups excluding carboxylic acids is 2. The molecule has 1 saturated heterocycles. The zero-order valence-corrected chi connectivity index (χ0v) is 13.8. The summed E-state index contributed by atoms with van der Waals surface area (Å²) < 4.78 is 42.4. The normalized spacial score (nSPS) is 18.0. The van der Waals surface area contributed by atoms with Crippen molar-refractivity contribution in [1.29, 1.82) is 0 Å². The second kappa shape index (κ2) is 6.88. The number of anilines is 1. The van der Waals surface area contributed by atoms with Crippen LogP contribution in [0.3, 0.4) is 0 Å². The van der Waals surface area contributed by atoms with Gasteiger partial charge in [-0.15, -0.1) is 0 Å². The molecule has 1 aromatic rings. The molecule has 1 atom stereocenters. The Kier molecular flexibility index (Phi) is 5.27. The highest BCUT2D eigenvalue weighted by atomic mass is 35.5. The van der Waals surface area contributed by atoms with Crippen LogP contribution in [0.5, 0.6) is 5.75 Å². The number of halogens is 4. The molecule has 1 heterocycles. The Bertz CT molecular complexity index is 664. The molecule has 2 amide bonds. The molecule has 1 aliphatic rings. The number of nitrogens with one attached hydrogen (secondary N) is 1. The Morgan fingerprint density at radius 2 is 2.12 bits per heavy atom. The first kappa shape index (κ1) is 18.4. The molecule has 1 N–H and O–H groups in total. The highest BCUT2D eigenvalue weighted by Crippen LogP contribution is 2.32. The molecule has 0 bridgehead atoms. The maximum Gasteiger partial charge on any atom is 0.406 e. The summed E-state index contributed by atoms with van der Waals surface area (Å²) in [6.07, 6.45) is -4.74. The summed E-state index contributed by atoms with van der Waals surface area (Å²) in [6, 6.07) is 3.13. The van der Waals surface area contributed by atoms with Crippen LogP contribution in [0.1, 0.15) is 12.0 Å². The number of carbonyl (C=O) groups is 2. The fraction of sp³-hybridized carbons (Fsp3) is 0.467. The largest absolute Gasteiger partial charge is 0.495 e. The first-order valence-corrected chi connectivity index (χ1v) is 7.48. The van der Waals surface area contributed by atoms with Crippen LogP contribution in [0.4, 0.5) is 18.9 Å². The fourth-order valence-corrected chi connectivity index (χ4v) is 2.64. The summed E-state index contributed by atoms with van der Waals surface area (Å²) in [5.41, 5.74) is 1.06. The molecule has 1 aromatic carbocycles. The van der Waals surface area contributed by atoms with E-state index in [9.17, 15) is 22.8 Å². The van der Waals surface area contributed by atoms with E-state index in [1.165, 1.54) is 13.2 Å². The van der Waals surface area contributed by atoms with Crippen LogP contribution in [0.2, 0.25) is 5.02 Å². The Hall–Kier alpha value is -1.96. The third kappa shape index (κ3) is 4.31. The Morgan fingerprint density at radius 3 is 2.71 bits per heavy atom. The SMILES string of the molecule is COc1cc(Cl)c(C)cc1NC(=O)[C@H]1CC(=O)N(CC(F)(F)F)C1. The second-order valence-corrected chi connectivity index (χ2v) is 5.99. The van der Waals surface area contributed by atoms with E-state index in [2.05, 4.69) is 5.32 Å². The van der Waals surface area contributed by atoms with Crippen molar-refractivity contribution in [1.82, 2.24) is 4.90 Å². The summed E-state index contributed by atoms with van der Waals surface area (Å²) >= 11 is 5.98. The number of aryl methyl sites for hydroxylation is 1. The van der Waals surface area contributed by atoms with Gasteiger partial charge >= 0.3 is 6.18 Å². The van der Waals surface area contributed by atoms with Gasteiger partial charge in [0.15, 0.2) is 0 Å². The van der Waals surface area contributed by atoms with E-state index < -0.39 is 30.5 Å². The molecule has 0 saturated carbocycles. The number of likely N-dealkylation sites (tertiary alicyclic amines) is 1. The van der Waals surface area contributed by atoms with Crippen LogP contribution in [0.15, 0.2) is 12.1 Å². The van der Waals surface area contributed by atoms with E-state index in [1.807, 2.05) is 0 Å². The van der Waals surface area contributed by atoms with Crippen molar-refractivity contribution in [2.45, 2.75) is 19.5 Å². The maximum atomic E-state index is 12.4. The van der Waals surface area contributed by atoms with Crippen LogP contribution < -0.4 is 10.1 Å². The van der Waals surface area contributed by atoms with Gasteiger partial charge in [-0.3, -0.25) is 9.59 Å². The summed E-state index contributed by atoms with van der Waals surface area (Å²) in [5, 5.41) is 3.05. The van der Waals surface area contributed by atoms with Crippen LogP contribution in [0, 0.1) is 12.8 Å². The van der Waals surface area contributed by atoms with Crippen molar-refractivity contribution >= 4 is 29.1 Å². The Morgan fingerprint density at radius 1 is 1.46 bits per heavy atom. The lowest BCUT2D eigenvalue weighted by molar-refractivity contribution is -0.157. The lowest BCUT2D eigenvalue weighted by Crippen LogP contribution is -2.36. The summed E-state index contributed by atoms with van der Waals surface area (Å²) in [4.78, 5) is 24.6. The van der Waals surface area contributed by atoms with E-state index >= 15 is 0 Å². The number of ether oxygens (including phenoxy) is 1. The predicted molar refractivity (Wildman–Crippen MR) is 82.1 cm³/mol. The van der Waals surface area contributed by atoms with Gasteiger partial charge in [0.25, 0.3) is 0 Å². The topological polar surface area (TPSA) is 58.6 Å². The third-order valence-electron chi connectivity index (χ3n) is 3.69. The van der Waals surface area contributed by atoms with Gasteiger partial charge in [-0.25, -0.2) is 0 Å².